The molecule has 21 heavy (non-hydrogen) atoms. The van der Waals surface area contributed by atoms with E-state index in [2.05, 4.69) is 29.8 Å². The van der Waals surface area contributed by atoms with Gasteiger partial charge in [-0.25, -0.2) is 0 Å². The number of nitriles is 1. The average Bonchev–Trinajstić information content (AvgIpc) is 2.53. The van der Waals surface area contributed by atoms with E-state index in [1.807, 2.05) is 12.1 Å². The van der Waals surface area contributed by atoms with Gasteiger partial charge in [-0.05, 0) is 38.1 Å². The van der Waals surface area contributed by atoms with E-state index in [0.29, 0.717) is 18.2 Å². The van der Waals surface area contributed by atoms with Crippen molar-refractivity contribution in [1.29, 1.82) is 5.26 Å². The Hall–Kier alpha value is -1.57. The molecule has 114 valence electrons. The highest BCUT2D eigenvalue weighted by atomic mass is 16.5. The number of ether oxygens (including phenoxy) is 1. The second-order valence-corrected chi connectivity index (χ2v) is 5.68. The van der Waals surface area contributed by atoms with E-state index in [0.717, 1.165) is 38.3 Å². The first kappa shape index (κ1) is 15.8. The van der Waals surface area contributed by atoms with Crippen LogP contribution in [0.15, 0.2) is 24.3 Å². The Morgan fingerprint density at radius 1 is 1.38 bits per heavy atom. The van der Waals surface area contributed by atoms with Crippen molar-refractivity contribution in [2.75, 3.05) is 39.8 Å². The summed E-state index contributed by atoms with van der Waals surface area (Å²) in [6, 6.07) is 10.2. The highest BCUT2D eigenvalue weighted by molar-refractivity contribution is 5.36. The molecule has 0 radical (unpaired) electrons. The molecule has 0 saturated carbocycles. The molecule has 0 aromatic heterocycles. The third-order valence-corrected chi connectivity index (χ3v) is 4.18. The van der Waals surface area contributed by atoms with Gasteiger partial charge >= 0.3 is 0 Å². The molecule has 0 N–H and O–H groups in total. The van der Waals surface area contributed by atoms with Crippen LogP contribution >= 0.6 is 0 Å². The van der Waals surface area contributed by atoms with Crippen LogP contribution in [0.2, 0.25) is 0 Å². The van der Waals surface area contributed by atoms with E-state index in [9.17, 15) is 0 Å². The summed E-state index contributed by atoms with van der Waals surface area (Å²) in [6.07, 6.45) is 2.24. The van der Waals surface area contributed by atoms with Gasteiger partial charge in [-0.2, -0.15) is 5.26 Å². The first-order valence-corrected chi connectivity index (χ1v) is 7.78. The van der Waals surface area contributed by atoms with Crippen LogP contribution in [0, 0.1) is 11.3 Å². The van der Waals surface area contributed by atoms with Crippen molar-refractivity contribution in [3.8, 4) is 11.8 Å². The summed E-state index contributed by atoms with van der Waals surface area (Å²) in [7, 11) is 2.22. The first-order chi connectivity index (χ1) is 10.2. The minimum absolute atomic E-state index is 0.650. The first-order valence-electron chi connectivity index (χ1n) is 7.78. The monoisotopic (exact) mass is 287 g/mol. The lowest BCUT2D eigenvalue weighted by Crippen LogP contribution is -2.51. The van der Waals surface area contributed by atoms with Crippen LogP contribution in [0.5, 0.6) is 5.75 Å². The molecule has 2 rings (SSSR count). The molecule has 1 heterocycles. The van der Waals surface area contributed by atoms with E-state index in [1.165, 1.54) is 6.42 Å². The molecule has 4 heteroatoms. The predicted octanol–water partition coefficient (Wildman–Crippen LogP) is 2.35. The number of piperazine rings is 1. The van der Waals surface area contributed by atoms with Crippen LogP contribution in [0.4, 0.5) is 0 Å². The van der Waals surface area contributed by atoms with Gasteiger partial charge in [-0.3, -0.25) is 0 Å². The third-order valence-electron chi connectivity index (χ3n) is 4.18. The van der Waals surface area contributed by atoms with Gasteiger partial charge in [0.25, 0.3) is 0 Å². The zero-order chi connectivity index (χ0) is 15.1. The summed E-state index contributed by atoms with van der Waals surface area (Å²) in [5, 5.41) is 8.86. The maximum absolute atomic E-state index is 8.86. The van der Waals surface area contributed by atoms with E-state index < -0.39 is 0 Å². The fraction of sp³-hybridized carbons (Fsp3) is 0.588. The summed E-state index contributed by atoms with van der Waals surface area (Å²) in [4.78, 5) is 4.99. The molecule has 1 atom stereocenters. The number of rotatable bonds is 6. The zero-order valence-corrected chi connectivity index (χ0v) is 13.1. The molecule has 1 saturated heterocycles. The van der Waals surface area contributed by atoms with Crippen molar-refractivity contribution < 1.29 is 4.74 Å². The Labute approximate surface area is 127 Å². The van der Waals surface area contributed by atoms with Crippen molar-refractivity contribution in [3.05, 3.63) is 29.8 Å². The predicted molar refractivity (Wildman–Crippen MR) is 84.4 cm³/mol. The molecule has 4 nitrogen and oxygen atoms in total. The maximum Gasteiger partial charge on any atom is 0.120 e. The zero-order valence-electron chi connectivity index (χ0n) is 13.1. The molecule has 1 aliphatic rings. The molecule has 0 spiro atoms. The van der Waals surface area contributed by atoms with Crippen molar-refractivity contribution in [2.45, 2.75) is 25.8 Å². The summed E-state index contributed by atoms with van der Waals surface area (Å²) in [5.41, 5.74) is 0.650. The van der Waals surface area contributed by atoms with E-state index in [1.54, 1.807) is 12.1 Å². The van der Waals surface area contributed by atoms with Gasteiger partial charge in [0.2, 0.25) is 0 Å². The molecule has 1 fully saturated rings. The summed E-state index contributed by atoms with van der Waals surface area (Å²) in [5.74, 6) is 0.791. The van der Waals surface area contributed by atoms with E-state index in [4.69, 9.17) is 10.00 Å². The van der Waals surface area contributed by atoms with Crippen molar-refractivity contribution in [3.63, 3.8) is 0 Å². The summed E-state index contributed by atoms with van der Waals surface area (Å²) < 4.78 is 5.73. The van der Waals surface area contributed by atoms with Gasteiger partial charge in [-0.15, -0.1) is 0 Å². The Kier molecular flexibility index (Phi) is 6.04. The molecular formula is C17H25N3O. The van der Waals surface area contributed by atoms with Crippen LogP contribution in [0.3, 0.4) is 0 Å². The van der Waals surface area contributed by atoms with Crippen LogP contribution in [-0.2, 0) is 0 Å². The number of nitrogens with zero attached hydrogens (tertiary/aromatic N) is 3. The molecule has 0 bridgehead atoms. The Morgan fingerprint density at radius 3 is 3.00 bits per heavy atom. The van der Waals surface area contributed by atoms with Gasteiger partial charge in [-0.1, -0.05) is 13.0 Å². The molecule has 1 aliphatic heterocycles. The van der Waals surface area contributed by atoms with E-state index in [-0.39, 0.29) is 0 Å². The second kappa shape index (κ2) is 8.02. The number of likely N-dealkylation sites (N-methyl/N-ethyl adjacent to an activating group) is 1. The van der Waals surface area contributed by atoms with Crippen LogP contribution in [-0.4, -0.2) is 55.7 Å². The third kappa shape index (κ3) is 4.73. The fourth-order valence-electron chi connectivity index (χ4n) is 2.79. The minimum Gasteiger partial charge on any atom is -0.494 e. The van der Waals surface area contributed by atoms with Gasteiger partial charge in [0, 0.05) is 32.2 Å². The standard InChI is InChI=1S/C17H25N3O/c1-3-16-14-20(10-9-19(16)2)8-5-11-21-17-7-4-6-15(12-17)13-18/h4,6-7,12,16H,3,5,8-11,14H2,1-2H3. The molecule has 1 aromatic carbocycles. The van der Waals surface area contributed by atoms with Crippen molar-refractivity contribution >= 4 is 0 Å². The summed E-state index contributed by atoms with van der Waals surface area (Å²) >= 11 is 0. The number of hydrogen-bond acceptors (Lipinski definition) is 4. The smallest absolute Gasteiger partial charge is 0.120 e. The number of benzene rings is 1. The van der Waals surface area contributed by atoms with Gasteiger partial charge in [0.15, 0.2) is 0 Å². The average molecular weight is 287 g/mol. The minimum atomic E-state index is 0.650. The Bertz CT molecular complexity index is 483. The lowest BCUT2D eigenvalue weighted by molar-refractivity contribution is 0.0891. The van der Waals surface area contributed by atoms with Gasteiger partial charge in [0.1, 0.15) is 5.75 Å². The quantitative estimate of drug-likeness (QED) is 0.753. The maximum atomic E-state index is 8.86. The highest BCUT2D eigenvalue weighted by Gasteiger charge is 2.22. The topological polar surface area (TPSA) is 39.5 Å². The SMILES string of the molecule is CCC1CN(CCCOc2cccc(C#N)c2)CCN1C. The second-order valence-electron chi connectivity index (χ2n) is 5.68. The lowest BCUT2D eigenvalue weighted by Gasteiger charge is -2.39. The van der Waals surface area contributed by atoms with Gasteiger partial charge < -0.3 is 14.5 Å². The molecule has 0 amide bonds. The fourth-order valence-corrected chi connectivity index (χ4v) is 2.79. The molecular weight excluding hydrogens is 262 g/mol. The Morgan fingerprint density at radius 2 is 2.24 bits per heavy atom. The van der Waals surface area contributed by atoms with Crippen molar-refractivity contribution in [2.24, 2.45) is 0 Å². The normalized spacial score (nSPS) is 20.1. The number of hydrogen-bond donors (Lipinski definition) is 0. The lowest BCUT2D eigenvalue weighted by atomic mass is 10.1. The van der Waals surface area contributed by atoms with Gasteiger partial charge in [0.05, 0.1) is 18.2 Å². The largest absolute Gasteiger partial charge is 0.494 e. The van der Waals surface area contributed by atoms with Crippen LogP contribution in [0.25, 0.3) is 0 Å². The molecule has 1 aromatic rings. The van der Waals surface area contributed by atoms with Crippen molar-refractivity contribution in [1.82, 2.24) is 9.80 Å². The van der Waals surface area contributed by atoms with Crippen LogP contribution in [0.1, 0.15) is 25.3 Å². The van der Waals surface area contributed by atoms with E-state index >= 15 is 0 Å². The Balaban J connectivity index is 1.69. The van der Waals surface area contributed by atoms with Crippen LogP contribution < -0.4 is 4.74 Å². The summed E-state index contributed by atoms with van der Waals surface area (Å²) in [6.45, 7) is 7.52. The highest BCUT2D eigenvalue weighted by Crippen LogP contribution is 2.14. The molecule has 0 aliphatic carbocycles. The molecule has 1 unspecified atom stereocenters.